The van der Waals surface area contributed by atoms with Gasteiger partial charge in [0.05, 0.1) is 5.60 Å². The number of pyridine rings is 1. The summed E-state index contributed by atoms with van der Waals surface area (Å²) in [6, 6.07) is 5.58. The maximum atomic E-state index is 12.4. The van der Waals surface area contributed by atoms with Crippen molar-refractivity contribution >= 4 is 21.8 Å². The van der Waals surface area contributed by atoms with Crippen LogP contribution in [0.5, 0.6) is 0 Å². The Balaban J connectivity index is 1.52. The molecule has 4 nitrogen and oxygen atoms in total. The van der Waals surface area contributed by atoms with Crippen LogP contribution >= 0.6 is 15.9 Å². The molecule has 2 N–H and O–H groups in total. The highest BCUT2D eigenvalue weighted by molar-refractivity contribution is 9.10. The predicted octanol–water partition coefficient (Wildman–Crippen LogP) is 2.51. The Kier molecular flexibility index (Phi) is 3.12. The normalized spacial score (nSPS) is 40.3. The monoisotopic (exact) mass is 350 g/mol. The van der Waals surface area contributed by atoms with Crippen LogP contribution in [0, 0.1) is 17.8 Å². The van der Waals surface area contributed by atoms with Crippen LogP contribution in [0.4, 0.5) is 0 Å². The number of hydrogen-bond acceptors (Lipinski definition) is 3. The zero-order valence-corrected chi connectivity index (χ0v) is 13.3. The van der Waals surface area contributed by atoms with Gasteiger partial charge in [-0.25, -0.2) is 4.98 Å². The minimum absolute atomic E-state index is 0.0965. The summed E-state index contributed by atoms with van der Waals surface area (Å²) in [5.41, 5.74) is 0.00283. The molecule has 2 unspecified atom stereocenters. The Morgan fingerprint density at radius 2 is 2.00 bits per heavy atom. The van der Waals surface area contributed by atoms with Gasteiger partial charge in [0.25, 0.3) is 5.91 Å². The molecule has 21 heavy (non-hydrogen) atoms. The van der Waals surface area contributed by atoms with Gasteiger partial charge in [-0.3, -0.25) is 4.79 Å². The first-order valence-corrected chi connectivity index (χ1v) is 8.47. The largest absolute Gasteiger partial charge is 0.390 e. The minimum Gasteiger partial charge on any atom is -0.390 e. The molecule has 0 spiro atoms. The SMILES string of the molecule is O=C(NC1C2CC3CC1CC(O)(C3)C2)c1cccc(Br)n1. The van der Waals surface area contributed by atoms with Gasteiger partial charge in [0.15, 0.2) is 0 Å². The summed E-state index contributed by atoms with van der Waals surface area (Å²) in [5, 5.41) is 13.8. The van der Waals surface area contributed by atoms with E-state index in [0.717, 1.165) is 32.1 Å². The van der Waals surface area contributed by atoms with Crippen molar-refractivity contribution in [2.45, 2.75) is 43.7 Å². The van der Waals surface area contributed by atoms with Crippen molar-refractivity contribution in [1.29, 1.82) is 0 Å². The second-order valence-electron chi connectivity index (χ2n) is 7.04. The number of nitrogens with zero attached hydrogens (tertiary/aromatic N) is 1. The predicted molar refractivity (Wildman–Crippen MR) is 81.7 cm³/mol. The van der Waals surface area contributed by atoms with Gasteiger partial charge < -0.3 is 10.4 Å². The maximum Gasteiger partial charge on any atom is 0.270 e. The van der Waals surface area contributed by atoms with E-state index < -0.39 is 5.60 Å². The number of aliphatic hydroxyl groups is 1. The molecule has 1 aromatic rings. The minimum atomic E-state index is -0.453. The molecule has 2 atom stereocenters. The van der Waals surface area contributed by atoms with Crippen LogP contribution in [0.2, 0.25) is 0 Å². The zero-order valence-electron chi connectivity index (χ0n) is 11.8. The summed E-state index contributed by atoms with van der Waals surface area (Å²) >= 11 is 3.30. The molecule has 4 fully saturated rings. The molecule has 0 aromatic carbocycles. The molecule has 0 aliphatic heterocycles. The molecule has 4 aliphatic carbocycles. The quantitative estimate of drug-likeness (QED) is 0.805. The second kappa shape index (κ2) is 4.78. The van der Waals surface area contributed by atoms with E-state index in [0.29, 0.717) is 28.1 Å². The Morgan fingerprint density at radius 3 is 2.62 bits per heavy atom. The van der Waals surface area contributed by atoms with Gasteiger partial charge in [-0.15, -0.1) is 0 Å². The lowest BCUT2D eigenvalue weighted by Crippen LogP contribution is -2.61. The summed E-state index contributed by atoms with van der Waals surface area (Å²) in [7, 11) is 0. The van der Waals surface area contributed by atoms with Crippen molar-refractivity contribution in [3.8, 4) is 0 Å². The zero-order chi connectivity index (χ0) is 14.6. The maximum absolute atomic E-state index is 12.4. The number of nitrogens with one attached hydrogen (secondary N) is 1. The number of carbonyl (C=O) groups excluding carboxylic acids is 1. The van der Waals surface area contributed by atoms with Crippen molar-refractivity contribution in [3.05, 3.63) is 28.5 Å². The summed E-state index contributed by atoms with van der Waals surface area (Å²) in [5.74, 6) is 1.42. The summed E-state index contributed by atoms with van der Waals surface area (Å²) in [6.45, 7) is 0. The molecular weight excluding hydrogens is 332 g/mol. The van der Waals surface area contributed by atoms with E-state index >= 15 is 0 Å². The lowest BCUT2D eigenvalue weighted by molar-refractivity contribution is -0.136. The molecule has 1 amide bonds. The van der Waals surface area contributed by atoms with Crippen molar-refractivity contribution in [2.24, 2.45) is 17.8 Å². The Morgan fingerprint density at radius 1 is 1.29 bits per heavy atom. The van der Waals surface area contributed by atoms with Crippen molar-refractivity contribution in [1.82, 2.24) is 10.3 Å². The first-order chi connectivity index (χ1) is 10.0. The summed E-state index contributed by atoms with van der Waals surface area (Å²) in [6.07, 6.45) is 4.95. The fraction of sp³-hybridized carbons (Fsp3) is 0.625. The van der Waals surface area contributed by atoms with Crippen LogP contribution in [-0.4, -0.2) is 27.6 Å². The molecule has 5 rings (SSSR count). The van der Waals surface area contributed by atoms with E-state index in [4.69, 9.17) is 0 Å². The lowest BCUT2D eigenvalue weighted by atomic mass is 9.52. The van der Waals surface area contributed by atoms with Crippen molar-refractivity contribution < 1.29 is 9.90 Å². The van der Waals surface area contributed by atoms with Gasteiger partial charge >= 0.3 is 0 Å². The molecule has 112 valence electrons. The highest BCUT2D eigenvalue weighted by Crippen LogP contribution is 2.55. The number of hydrogen-bond donors (Lipinski definition) is 2. The van der Waals surface area contributed by atoms with Gasteiger partial charge in [0, 0.05) is 6.04 Å². The molecule has 5 heteroatoms. The number of carbonyl (C=O) groups is 1. The van der Waals surface area contributed by atoms with Gasteiger partial charge in [-0.05, 0) is 77.9 Å². The van der Waals surface area contributed by atoms with E-state index in [9.17, 15) is 9.90 Å². The van der Waals surface area contributed by atoms with Gasteiger partial charge in [0.2, 0.25) is 0 Å². The smallest absolute Gasteiger partial charge is 0.270 e. The molecule has 4 saturated carbocycles. The van der Waals surface area contributed by atoms with Gasteiger partial charge in [-0.1, -0.05) is 6.07 Å². The van der Waals surface area contributed by atoms with Gasteiger partial charge in [-0.2, -0.15) is 0 Å². The molecule has 4 aliphatic rings. The number of rotatable bonds is 2. The third-order valence-corrected chi connectivity index (χ3v) is 5.93. The fourth-order valence-corrected chi connectivity index (χ4v) is 5.32. The summed E-state index contributed by atoms with van der Waals surface area (Å²) in [4.78, 5) is 16.6. The molecule has 4 bridgehead atoms. The Bertz CT molecular complexity index is 575. The average molecular weight is 351 g/mol. The van der Waals surface area contributed by atoms with Crippen LogP contribution in [0.1, 0.15) is 42.6 Å². The molecule has 0 saturated heterocycles. The number of halogens is 1. The summed E-state index contributed by atoms with van der Waals surface area (Å²) < 4.78 is 0.676. The fourth-order valence-electron chi connectivity index (χ4n) is 4.98. The van der Waals surface area contributed by atoms with Crippen LogP contribution in [0.3, 0.4) is 0 Å². The second-order valence-corrected chi connectivity index (χ2v) is 7.85. The lowest BCUT2D eigenvalue weighted by Gasteiger charge is -2.58. The standard InChI is InChI=1S/C16H19BrN2O2/c17-13-3-1-2-12(18-13)15(20)19-14-10-4-9-5-11(14)8-16(21,6-9)7-10/h1-3,9-11,14,21H,4-8H2,(H,19,20). The van der Waals surface area contributed by atoms with Crippen LogP contribution < -0.4 is 5.32 Å². The third-order valence-electron chi connectivity index (χ3n) is 5.49. The van der Waals surface area contributed by atoms with E-state index in [1.165, 1.54) is 0 Å². The Labute approximate surface area is 132 Å². The first-order valence-electron chi connectivity index (χ1n) is 7.68. The third kappa shape index (κ3) is 2.40. The van der Waals surface area contributed by atoms with Crippen molar-refractivity contribution in [2.75, 3.05) is 0 Å². The molecule has 1 aromatic heterocycles. The topological polar surface area (TPSA) is 62.2 Å². The highest BCUT2D eigenvalue weighted by Gasteiger charge is 2.55. The van der Waals surface area contributed by atoms with E-state index in [-0.39, 0.29) is 11.9 Å². The van der Waals surface area contributed by atoms with Gasteiger partial charge in [0.1, 0.15) is 10.3 Å². The highest BCUT2D eigenvalue weighted by atomic mass is 79.9. The average Bonchev–Trinajstić information content (AvgIpc) is 2.41. The first kappa shape index (κ1) is 13.7. The van der Waals surface area contributed by atoms with Crippen molar-refractivity contribution in [3.63, 3.8) is 0 Å². The van der Waals surface area contributed by atoms with Crippen LogP contribution in [0.15, 0.2) is 22.8 Å². The molecule has 1 heterocycles. The Hall–Kier alpha value is -0.940. The molecular formula is C16H19BrN2O2. The van der Waals surface area contributed by atoms with E-state index in [1.54, 1.807) is 6.07 Å². The van der Waals surface area contributed by atoms with E-state index in [1.807, 2.05) is 12.1 Å². The molecule has 0 radical (unpaired) electrons. The van der Waals surface area contributed by atoms with E-state index in [2.05, 4.69) is 26.2 Å². The van der Waals surface area contributed by atoms with Crippen LogP contribution in [-0.2, 0) is 0 Å². The number of amides is 1. The number of aromatic nitrogens is 1. The van der Waals surface area contributed by atoms with Crippen LogP contribution in [0.25, 0.3) is 0 Å².